The van der Waals surface area contributed by atoms with Gasteiger partial charge in [-0.3, -0.25) is 9.59 Å². The average Bonchev–Trinajstić information content (AvgIpc) is 2.88. The number of fused-ring (bicyclic) bond motifs is 1. The molecule has 1 aliphatic rings. The van der Waals surface area contributed by atoms with E-state index >= 15 is 0 Å². The lowest BCUT2D eigenvalue weighted by molar-refractivity contribution is -0.114. The minimum Gasteiger partial charge on any atom is -0.382 e. The van der Waals surface area contributed by atoms with Gasteiger partial charge in [0.15, 0.2) is 0 Å². The fraction of sp³-hybridized carbons (Fsp3) is 0.267. The van der Waals surface area contributed by atoms with Crippen LogP contribution in [0, 0.1) is 13.8 Å². The van der Waals surface area contributed by atoms with Gasteiger partial charge in [0.25, 0.3) is 11.8 Å². The van der Waals surface area contributed by atoms with Crippen molar-refractivity contribution in [2.24, 2.45) is 0 Å². The van der Waals surface area contributed by atoms with Crippen molar-refractivity contribution in [2.45, 2.75) is 38.6 Å². The Labute approximate surface area is 217 Å². The molecule has 3 aromatic rings. The number of para-hydroxylation sites is 1. The van der Waals surface area contributed by atoms with E-state index in [1.54, 1.807) is 12.1 Å². The molecule has 186 valence electrons. The minimum atomic E-state index is -0.109. The van der Waals surface area contributed by atoms with Crippen LogP contribution in [0.2, 0.25) is 0 Å². The van der Waals surface area contributed by atoms with E-state index < -0.39 is 0 Å². The van der Waals surface area contributed by atoms with Gasteiger partial charge in [0.05, 0.1) is 17.1 Å². The van der Waals surface area contributed by atoms with E-state index in [-0.39, 0.29) is 11.8 Å². The van der Waals surface area contributed by atoms with E-state index in [0.29, 0.717) is 36.8 Å². The van der Waals surface area contributed by atoms with Gasteiger partial charge in [-0.15, -0.1) is 0 Å². The summed E-state index contributed by atoms with van der Waals surface area (Å²) < 4.78 is 5.30. The molecule has 0 bridgehead atoms. The van der Waals surface area contributed by atoms with Crippen LogP contribution in [0.3, 0.4) is 0 Å². The molecular formula is C30H32N2O3S. The standard InChI is InChI=1S/C30H32N2O3S/c1-4-35-17-7-16-31-29(33)24-14-12-23(13-15-24)19-28-30(34)32(26-8-5-6-9-27(26)36-28)20-25-18-21(2)10-11-22(25)3/h5-6,8-15,18-19H,4,7,16-17,20H2,1-3H3,(H,31,33). The molecule has 0 fully saturated rings. The first kappa shape index (κ1) is 25.7. The topological polar surface area (TPSA) is 58.6 Å². The fourth-order valence-electron chi connectivity index (χ4n) is 4.06. The van der Waals surface area contributed by atoms with E-state index in [2.05, 4.69) is 43.4 Å². The second-order valence-electron chi connectivity index (χ2n) is 8.83. The van der Waals surface area contributed by atoms with Gasteiger partial charge in [-0.1, -0.05) is 59.8 Å². The third-order valence-corrected chi connectivity index (χ3v) is 7.17. The summed E-state index contributed by atoms with van der Waals surface area (Å²) in [6, 6.07) is 21.7. The lowest BCUT2D eigenvalue weighted by Gasteiger charge is -2.31. The van der Waals surface area contributed by atoms with E-state index in [4.69, 9.17) is 4.74 Å². The predicted octanol–water partition coefficient (Wildman–Crippen LogP) is 6.14. The summed E-state index contributed by atoms with van der Waals surface area (Å²) in [5.41, 5.74) is 5.89. The molecule has 1 aliphatic heterocycles. The number of aryl methyl sites for hydroxylation is 2. The lowest BCUT2D eigenvalue weighted by Crippen LogP contribution is -2.34. The smallest absolute Gasteiger partial charge is 0.265 e. The molecule has 0 aliphatic carbocycles. The number of hydrogen-bond donors (Lipinski definition) is 1. The van der Waals surface area contributed by atoms with Crippen molar-refractivity contribution < 1.29 is 14.3 Å². The number of amides is 2. The Morgan fingerprint density at radius 2 is 1.83 bits per heavy atom. The highest BCUT2D eigenvalue weighted by atomic mass is 32.2. The fourth-order valence-corrected chi connectivity index (χ4v) is 5.12. The number of hydrogen-bond acceptors (Lipinski definition) is 4. The monoisotopic (exact) mass is 500 g/mol. The second kappa shape index (κ2) is 12.1. The van der Waals surface area contributed by atoms with Crippen molar-refractivity contribution in [3.05, 3.63) is 99.5 Å². The Hall–Kier alpha value is -3.35. The van der Waals surface area contributed by atoms with Crippen molar-refractivity contribution in [3.8, 4) is 0 Å². The number of thioether (sulfide) groups is 1. The van der Waals surface area contributed by atoms with E-state index in [1.807, 2.05) is 48.2 Å². The molecule has 0 unspecified atom stereocenters. The van der Waals surface area contributed by atoms with Crippen molar-refractivity contribution in [3.63, 3.8) is 0 Å². The molecule has 1 N–H and O–H groups in total. The summed E-state index contributed by atoms with van der Waals surface area (Å²) in [7, 11) is 0. The number of nitrogens with one attached hydrogen (secondary N) is 1. The van der Waals surface area contributed by atoms with Crippen molar-refractivity contribution in [1.82, 2.24) is 5.32 Å². The molecule has 0 saturated heterocycles. The van der Waals surface area contributed by atoms with Gasteiger partial charge >= 0.3 is 0 Å². The highest BCUT2D eigenvalue weighted by Crippen LogP contribution is 2.42. The zero-order valence-electron chi connectivity index (χ0n) is 21.0. The third-order valence-electron chi connectivity index (χ3n) is 6.09. The van der Waals surface area contributed by atoms with Gasteiger partial charge in [-0.05, 0) is 74.2 Å². The van der Waals surface area contributed by atoms with E-state index in [1.165, 1.54) is 22.9 Å². The molecule has 36 heavy (non-hydrogen) atoms. The first-order valence-electron chi connectivity index (χ1n) is 12.3. The molecule has 1 heterocycles. The Morgan fingerprint density at radius 3 is 2.61 bits per heavy atom. The first-order chi connectivity index (χ1) is 17.5. The molecule has 0 saturated carbocycles. The molecule has 0 spiro atoms. The van der Waals surface area contributed by atoms with Crippen molar-refractivity contribution >= 4 is 35.3 Å². The zero-order valence-corrected chi connectivity index (χ0v) is 21.9. The van der Waals surface area contributed by atoms with Crippen LogP contribution in [-0.4, -0.2) is 31.6 Å². The van der Waals surface area contributed by atoms with Crippen LogP contribution < -0.4 is 10.2 Å². The van der Waals surface area contributed by atoms with Crippen LogP contribution in [0.15, 0.2) is 76.5 Å². The number of carbonyl (C=O) groups excluding carboxylic acids is 2. The van der Waals surface area contributed by atoms with Crippen LogP contribution in [0.5, 0.6) is 0 Å². The number of nitrogens with zero attached hydrogens (tertiary/aromatic N) is 1. The van der Waals surface area contributed by atoms with Gasteiger partial charge < -0.3 is 15.0 Å². The zero-order chi connectivity index (χ0) is 25.5. The predicted molar refractivity (Wildman–Crippen MR) is 147 cm³/mol. The molecule has 2 amide bonds. The molecule has 4 rings (SSSR count). The number of anilines is 1. The Kier molecular flexibility index (Phi) is 8.62. The maximum Gasteiger partial charge on any atom is 0.265 e. The maximum atomic E-state index is 13.6. The Bertz CT molecular complexity index is 1270. The summed E-state index contributed by atoms with van der Waals surface area (Å²) in [5.74, 6) is -0.127. The van der Waals surface area contributed by atoms with Crippen molar-refractivity contribution in [1.29, 1.82) is 0 Å². The number of carbonyl (C=O) groups is 2. The van der Waals surface area contributed by atoms with Gasteiger partial charge in [0, 0.05) is 30.2 Å². The summed E-state index contributed by atoms with van der Waals surface area (Å²) in [4.78, 5) is 29.6. The number of benzene rings is 3. The highest BCUT2D eigenvalue weighted by Gasteiger charge is 2.29. The first-order valence-corrected chi connectivity index (χ1v) is 13.1. The molecule has 6 heteroatoms. The summed E-state index contributed by atoms with van der Waals surface area (Å²) in [5, 5.41) is 2.91. The van der Waals surface area contributed by atoms with Gasteiger partial charge in [-0.25, -0.2) is 0 Å². The van der Waals surface area contributed by atoms with Gasteiger partial charge in [0.1, 0.15) is 0 Å². The molecule has 0 radical (unpaired) electrons. The average molecular weight is 501 g/mol. The summed E-state index contributed by atoms with van der Waals surface area (Å²) >= 11 is 1.49. The highest BCUT2D eigenvalue weighted by molar-refractivity contribution is 8.04. The Morgan fingerprint density at radius 1 is 1.06 bits per heavy atom. The van der Waals surface area contributed by atoms with E-state index in [9.17, 15) is 9.59 Å². The number of rotatable bonds is 9. The third kappa shape index (κ3) is 6.25. The maximum absolute atomic E-state index is 13.6. The number of ether oxygens (including phenoxy) is 1. The largest absolute Gasteiger partial charge is 0.382 e. The van der Waals surface area contributed by atoms with E-state index in [0.717, 1.165) is 28.1 Å². The molecule has 3 aromatic carbocycles. The molecule has 0 atom stereocenters. The molecule has 5 nitrogen and oxygen atoms in total. The second-order valence-corrected chi connectivity index (χ2v) is 9.91. The quantitative estimate of drug-likeness (QED) is 0.283. The van der Waals surface area contributed by atoms with Crippen LogP contribution in [0.25, 0.3) is 6.08 Å². The minimum absolute atomic E-state index is 0.0178. The van der Waals surface area contributed by atoms with Crippen molar-refractivity contribution in [2.75, 3.05) is 24.7 Å². The Balaban J connectivity index is 1.52. The van der Waals surface area contributed by atoms with Gasteiger partial charge in [-0.2, -0.15) is 0 Å². The van der Waals surface area contributed by atoms with Crippen LogP contribution in [0.4, 0.5) is 5.69 Å². The lowest BCUT2D eigenvalue weighted by atomic mass is 10.0. The van der Waals surface area contributed by atoms with Crippen LogP contribution in [-0.2, 0) is 16.1 Å². The molecule has 0 aromatic heterocycles. The molecular weight excluding hydrogens is 468 g/mol. The SMILES string of the molecule is CCOCCCNC(=O)c1ccc(C=C2Sc3ccccc3N(Cc3cc(C)ccc3C)C2=O)cc1. The van der Waals surface area contributed by atoms with Crippen LogP contribution >= 0.6 is 11.8 Å². The summed E-state index contributed by atoms with van der Waals surface area (Å²) in [6.45, 7) is 8.52. The van der Waals surface area contributed by atoms with Crippen LogP contribution in [0.1, 0.15) is 46.0 Å². The normalized spacial score (nSPS) is 14.1. The van der Waals surface area contributed by atoms with Gasteiger partial charge in [0.2, 0.25) is 0 Å². The summed E-state index contributed by atoms with van der Waals surface area (Å²) in [6.07, 6.45) is 2.69.